The van der Waals surface area contributed by atoms with Gasteiger partial charge < -0.3 is 14.9 Å². The molecule has 1 saturated heterocycles. The van der Waals surface area contributed by atoms with Gasteiger partial charge in [-0.25, -0.2) is 14.4 Å². The second kappa shape index (κ2) is 10.6. The first-order valence-electron chi connectivity index (χ1n) is 13.2. The van der Waals surface area contributed by atoms with Gasteiger partial charge in [-0.1, -0.05) is 13.0 Å². The van der Waals surface area contributed by atoms with E-state index in [9.17, 15) is 24.8 Å². The summed E-state index contributed by atoms with van der Waals surface area (Å²) in [6, 6.07) is 10.0. The molecule has 1 N–H and O–H groups in total. The van der Waals surface area contributed by atoms with Crippen molar-refractivity contribution in [2.45, 2.75) is 44.9 Å². The van der Waals surface area contributed by atoms with E-state index >= 15 is 0 Å². The third kappa shape index (κ3) is 4.72. The topological polar surface area (TPSA) is 148 Å². The summed E-state index contributed by atoms with van der Waals surface area (Å²) in [5.41, 5.74) is 1.27. The van der Waals surface area contributed by atoms with Crippen LogP contribution in [0.3, 0.4) is 0 Å². The molecule has 0 radical (unpaired) electrons. The molecule has 11 nitrogen and oxygen atoms in total. The number of anilines is 1. The van der Waals surface area contributed by atoms with Crippen LogP contribution in [0.1, 0.15) is 32.9 Å². The van der Waals surface area contributed by atoms with Gasteiger partial charge in [0.2, 0.25) is 5.60 Å². The Labute approximate surface area is 236 Å². The smallest absolute Gasteiger partial charge is 0.269 e. The maximum absolute atomic E-state index is 14.3. The minimum absolute atomic E-state index is 0.0188. The van der Waals surface area contributed by atoms with Crippen molar-refractivity contribution in [3.63, 3.8) is 0 Å². The number of halogens is 1. The highest BCUT2D eigenvalue weighted by molar-refractivity contribution is 6.07. The number of fused-ring (bicyclic) bond motifs is 1. The SMILES string of the molecule is CC[C@@](O)(C#N)C(=O)N1C[C@H](C)N(c2ncnc3c(-c4cc(C#N)n(C)n4)ccc(-c4cncc(F)c4)c23)C[C@H]1C. The Morgan fingerprint density at radius 1 is 1.15 bits per heavy atom. The van der Waals surface area contributed by atoms with Gasteiger partial charge in [0.15, 0.2) is 0 Å². The molecule has 4 aromatic rings. The van der Waals surface area contributed by atoms with Gasteiger partial charge in [0.1, 0.15) is 35.8 Å². The van der Waals surface area contributed by atoms with Crippen molar-refractivity contribution in [3.05, 3.63) is 54.5 Å². The Bertz CT molecular complexity index is 1740. The van der Waals surface area contributed by atoms with Crippen molar-refractivity contribution < 1.29 is 14.3 Å². The van der Waals surface area contributed by atoms with Gasteiger partial charge in [-0.05, 0) is 38.0 Å². The van der Waals surface area contributed by atoms with Crippen molar-refractivity contribution in [1.29, 1.82) is 10.5 Å². The van der Waals surface area contributed by atoms with Crippen molar-refractivity contribution in [2.24, 2.45) is 7.05 Å². The van der Waals surface area contributed by atoms with Crippen LogP contribution in [0, 0.1) is 28.5 Å². The second-order valence-corrected chi connectivity index (χ2v) is 10.3. The number of nitriles is 2. The number of pyridine rings is 1. The average molecular weight is 554 g/mol. The zero-order chi connectivity index (χ0) is 29.5. The van der Waals surface area contributed by atoms with Gasteiger partial charge in [-0.3, -0.25) is 14.5 Å². The number of aliphatic hydroxyl groups is 1. The van der Waals surface area contributed by atoms with Gasteiger partial charge in [0.25, 0.3) is 5.91 Å². The van der Waals surface area contributed by atoms with Gasteiger partial charge in [-0.15, -0.1) is 0 Å². The molecule has 1 fully saturated rings. The summed E-state index contributed by atoms with van der Waals surface area (Å²) < 4.78 is 15.8. The lowest BCUT2D eigenvalue weighted by atomic mass is 9.95. The molecule has 41 heavy (non-hydrogen) atoms. The molecule has 0 bridgehead atoms. The minimum Gasteiger partial charge on any atom is -0.368 e. The zero-order valence-electron chi connectivity index (χ0n) is 23.1. The van der Waals surface area contributed by atoms with Gasteiger partial charge in [0.05, 0.1) is 22.8 Å². The molecular weight excluding hydrogens is 525 g/mol. The maximum atomic E-state index is 14.3. The number of piperazine rings is 1. The summed E-state index contributed by atoms with van der Waals surface area (Å²) in [6.45, 7) is 5.99. The van der Waals surface area contributed by atoms with E-state index in [0.29, 0.717) is 51.3 Å². The summed E-state index contributed by atoms with van der Waals surface area (Å²) >= 11 is 0. The van der Waals surface area contributed by atoms with Crippen molar-refractivity contribution in [2.75, 3.05) is 18.0 Å². The first kappa shape index (κ1) is 27.6. The third-order valence-electron chi connectivity index (χ3n) is 7.62. The number of carbonyl (C=O) groups excluding carboxylic acids is 1. The number of aryl methyl sites for hydroxylation is 1. The van der Waals surface area contributed by atoms with Crippen LogP contribution < -0.4 is 4.90 Å². The summed E-state index contributed by atoms with van der Waals surface area (Å²) in [6.07, 6.45) is 4.13. The van der Waals surface area contributed by atoms with Crippen LogP contribution in [0.15, 0.2) is 43.0 Å². The van der Waals surface area contributed by atoms with Crippen LogP contribution in [0.25, 0.3) is 33.3 Å². The number of amides is 1. The standard InChI is InChI=1S/C29H28FN9O2/c1-5-29(41,15-32)28(40)39-14-17(2)38(13-18(39)3)27-25-22(19-8-20(30)12-33-11-19)6-7-23(26(25)34-16-35-27)24-9-21(10-31)37(4)36-24/h6-9,11-12,16-18,41H,5,13-14H2,1-4H3/t17-,18+,29+/m0/s1. The van der Waals surface area contributed by atoms with E-state index in [1.807, 2.05) is 26.0 Å². The van der Waals surface area contributed by atoms with E-state index in [-0.39, 0.29) is 25.0 Å². The lowest BCUT2D eigenvalue weighted by Gasteiger charge is -2.46. The number of hydrogen-bond acceptors (Lipinski definition) is 9. The molecule has 1 aliphatic heterocycles. The second-order valence-electron chi connectivity index (χ2n) is 10.3. The first-order chi connectivity index (χ1) is 19.6. The molecule has 3 atom stereocenters. The van der Waals surface area contributed by atoms with E-state index in [4.69, 9.17) is 0 Å². The Morgan fingerprint density at radius 3 is 2.56 bits per heavy atom. The van der Waals surface area contributed by atoms with E-state index in [1.165, 1.54) is 22.0 Å². The molecule has 1 amide bonds. The quantitative estimate of drug-likeness (QED) is 0.368. The molecule has 5 rings (SSSR count). The predicted molar refractivity (Wildman–Crippen MR) is 148 cm³/mol. The number of carbonyl (C=O) groups is 1. The Kier molecular flexibility index (Phi) is 7.11. The Hall–Kier alpha value is -4.94. The van der Waals surface area contributed by atoms with E-state index in [2.05, 4.69) is 31.0 Å². The molecule has 0 spiro atoms. The van der Waals surface area contributed by atoms with Crippen molar-refractivity contribution in [1.82, 2.24) is 29.6 Å². The first-order valence-corrected chi connectivity index (χ1v) is 13.2. The molecule has 0 aliphatic carbocycles. The highest BCUT2D eigenvalue weighted by atomic mass is 19.1. The number of benzene rings is 1. The Morgan fingerprint density at radius 2 is 1.90 bits per heavy atom. The largest absolute Gasteiger partial charge is 0.368 e. The van der Waals surface area contributed by atoms with Crippen LogP contribution in [0.5, 0.6) is 0 Å². The predicted octanol–water partition coefficient (Wildman–Crippen LogP) is 3.19. The fourth-order valence-corrected chi connectivity index (χ4v) is 5.31. The number of hydrogen-bond donors (Lipinski definition) is 1. The number of rotatable bonds is 5. The van der Waals surface area contributed by atoms with Crippen molar-refractivity contribution in [3.8, 4) is 34.5 Å². The molecule has 1 aromatic carbocycles. The lowest BCUT2D eigenvalue weighted by Crippen LogP contribution is -2.62. The molecule has 3 aromatic heterocycles. The highest BCUT2D eigenvalue weighted by Gasteiger charge is 2.43. The minimum atomic E-state index is -2.09. The van der Waals surface area contributed by atoms with E-state index in [1.54, 1.807) is 32.3 Å². The Balaban J connectivity index is 1.67. The fraction of sp³-hybridized carbons (Fsp3) is 0.345. The van der Waals surface area contributed by atoms with Crippen molar-refractivity contribution >= 4 is 22.6 Å². The maximum Gasteiger partial charge on any atom is 0.269 e. The fourth-order valence-electron chi connectivity index (χ4n) is 5.31. The molecule has 208 valence electrons. The molecule has 12 heteroatoms. The van der Waals surface area contributed by atoms with Crippen LogP contribution >= 0.6 is 0 Å². The van der Waals surface area contributed by atoms with Gasteiger partial charge >= 0.3 is 0 Å². The van der Waals surface area contributed by atoms with E-state index < -0.39 is 17.3 Å². The third-order valence-corrected chi connectivity index (χ3v) is 7.62. The summed E-state index contributed by atoms with van der Waals surface area (Å²) in [5.74, 6) is -0.534. The molecule has 4 heterocycles. The zero-order valence-corrected chi connectivity index (χ0v) is 23.1. The molecule has 0 unspecified atom stereocenters. The average Bonchev–Trinajstić information content (AvgIpc) is 3.36. The molecular formula is C29H28FN9O2. The van der Waals surface area contributed by atoms with Gasteiger partial charge in [-0.2, -0.15) is 15.6 Å². The number of nitrogens with zero attached hydrogens (tertiary/aromatic N) is 9. The molecule has 1 aliphatic rings. The van der Waals surface area contributed by atoms with Gasteiger partial charge in [0, 0.05) is 55.6 Å². The van der Waals surface area contributed by atoms with Crippen LogP contribution in [-0.4, -0.2) is 71.4 Å². The molecule has 0 saturated carbocycles. The summed E-state index contributed by atoms with van der Waals surface area (Å²) in [4.78, 5) is 30.1. The normalized spacial score (nSPS) is 18.5. The highest BCUT2D eigenvalue weighted by Crippen LogP contribution is 2.40. The van der Waals surface area contributed by atoms with Crippen LogP contribution in [0.2, 0.25) is 0 Å². The summed E-state index contributed by atoms with van der Waals surface area (Å²) in [5, 5.41) is 34.7. The van der Waals surface area contributed by atoms with E-state index in [0.717, 1.165) is 6.20 Å². The summed E-state index contributed by atoms with van der Waals surface area (Å²) in [7, 11) is 1.69. The van der Waals surface area contributed by atoms with Crippen LogP contribution in [0.4, 0.5) is 10.2 Å². The van der Waals surface area contributed by atoms with Crippen LogP contribution in [-0.2, 0) is 11.8 Å². The number of aromatic nitrogens is 5. The monoisotopic (exact) mass is 553 g/mol. The lowest BCUT2D eigenvalue weighted by molar-refractivity contribution is -0.149.